The molecular formula is C6H14O7PS+. The fraction of sp³-hybridized carbons (Fsp3) is 0.833. The summed E-state index contributed by atoms with van der Waals surface area (Å²) in [7, 11) is -6.78. The van der Waals surface area contributed by atoms with Gasteiger partial charge in [-0.1, -0.05) is 0 Å². The third-order valence-corrected chi connectivity index (χ3v) is 4.12. The fourth-order valence-corrected chi connectivity index (χ4v) is 2.55. The molecule has 0 heterocycles. The van der Waals surface area contributed by atoms with Gasteiger partial charge >= 0.3 is 13.5 Å². The van der Waals surface area contributed by atoms with Crippen LogP contribution in [0.25, 0.3) is 0 Å². The quantitative estimate of drug-likeness (QED) is 0.498. The van der Waals surface area contributed by atoms with Crippen molar-refractivity contribution in [3.05, 3.63) is 0 Å². The summed E-state index contributed by atoms with van der Waals surface area (Å²) in [5.41, 5.74) is -0.857. The molecule has 0 aromatic rings. The Labute approximate surface area is 88.7 Å². The Morgan fingerprint density at radius 3 is 2.33 bits per heavy atom. The van der Waals surface area contributed by atoms with Crippen molar-refractivity contribution >= 4 is 23.6 Å². The van der Waals surface area contributed by atoms with Gasteiger partial charge in [-0.15, -0.1) is 0 Å². The third kappa shape index (κ3) is 5.50. The molecule has 0 aromatic carbocycles. The number of hydrogen-bond donors (Lipinski definition) is 2. The van der Waals surface area contributed by atoms with E-state index in [1.165, 1.54) is 0 Å². The standard InChI is InChI=1S/C6H13O7PS/c1-3-13-14(8,12-2)6(7)4-5-15(9,10)11/h8H,3-5H2,1-2H3/p+1. The number of rotatable bonds is 7. The molecular weight excluding hydrogens is 247 g/mol. The van der Waals surface area contributed by atoms with Gasteiger partial charge in [0, 0.05) is 0 Å². The van der Waals surface area contributed by atoms with Crippen LogP contribution < -0.4 is 0 Å². The van der Waals surface area contributed by atoms with Gasteiger partial charge in [0.1, 0.15) is 0 Å². The first-order chi connectivity index (χ1) is 6.75. The van der Waals surface area contributed by atoms with Crippen molar-refractivity contribution in [2.45, 2.75) is 13.3 Å². The van der Waals surface area contributed by atoms with Crippen molar-refractivity contribution in [3.8, 4) is 0 Å². The summed E-state index contributed by atoms with van der Waals surface area (Å²) in [6.07, 6.45) is -0.545. The monoisotopic (exact) mass is 261 g/mol. The molecule has 0 aliphatic rings. The molecule has 9 heteroatoms. The summed E-state index contributed by atoms with van der Waals surface area (Å²) < 4.78 is 38.4. The molecule has 90 valence electrons. The Kier molecular flexibility index (Phi) is 5.79. The van der Waals surface area contributed by atoms with Crippen LogP contribution in [-0.4, -0.2) is 42.9 Å². The first-order valence-corrected chi connectivity index (χ1v) is 7.24. The molecule has 0 aromatic heterocycles. The minimum absolute atomic E-state index is 0.0652. The Balaban J connectivity index is 4.41. The van der Waals surface area contributed by atoms with Gasteiger partial charge in [-0.3, -0.25) is 4.55 Å². The maximum atomic E-state index is 11.3. The Morgan fingerprint density at radius 2 is 2.00 bits per heavy atom. The normalized spacial score (nSPS) is 16.0. The van der Waals surface area contributed by atoms with E-state index in [9.17, 15) is 18.1 Å². The number of carbonyl (C=O) groups excluding carboxylic acids is 1. The van der Waals surface area contributed by atoms with Crippen molar-refractivity contribution in [2.24, 2.45) is 0 Å². The van der Waals surface area contributed by atoms with Crippen LogP contribution in [0.1, 0.15) is 13.3 Å². The minimum Gasteiger partial charge on any atom is -0.286 e. The van der Waals surface area contributed by atoms with E-state index in [1.807, 2.05) is 0 Å². The van der Waals surface area contributed by atoms with E-state index in [0.29, 0.717) is 0 Å². The molecule has 7 nitrogen and oxygen atoms in total. The molecule has 0 bridgehead atoms. The van der Waals surface area contributed by atoms with Crippen molar-refractivity contribution in [1.82, 2.24) is 0 Å². The molecule has 2 N–H and O–H groups in total. The van der Waals surface area contributed by atoms with Crippen LogP contribution in [0.4, 0.5) is 0 Å². The van der Waals surface area contributed by atoms with Crippen LogP contribution in [-0.2, 0) is 24.0 Å². The van der Waals surface area contributed by atoms with E-state index in [0.717, 1.165) is 7.11 Å². The Morgan fingerprint density at radius 1 is 1.47 bits per heavy atom. The maximum Gasteiger partial charge on any atom is 0.483 e. The smallest absolute Gasteiger partial charge is 0.286 e. The molecule has 0 aliphatic heterocycles. The molecule has 0 saturated carbocycles. The van der Waals surface area contributed by atoms with Gasteiger partial charge in [0.05, 0.1) is 25.9 Å². The lowest BCUT2D eigenvalue weighted by Crippen LogP contribution is -2.16. The second-order valence-corrected chi connectivity index (χ2v) is 6.29. The fourth-order valence-electron chi connectivity index (χ4n) is 0.759. The van der Waals surface area contributed by atoms with E-state index in [4.69, 9.17) is 9.08 Å². The van der Waals surface area contributed by atoms with Crippen molar-refractivity contribution in [2.75, 3.05) is 19.5 Å². The molecule has 1 unspecified atom stereocenters. The lowest BCUT2D eigenvalue weighted by Gasteiger charge is -2.11. The van der Waals surface area contributed by atoms with E-state index >= 15 is 0 Å². The second-order valence-electron chi connectivity index (χ2n) is 2.55. The summed E-state index contributed by atoms with van der Waals surface area (Å²) in [5, 5.41) is 0. The minimum atomic E-state index is -4.23. The van der Waals surface area contributed by atoms with E-state index in [1.54, 1.807) is 6.92 Å². The highest BCUT2D eigenvalue weighted by Gasteiger charge is 2.49. The summed E-state index contributed by atoms with van der Waals surface area (Å²) in [5.74, 6) is -0.759. The predicted molar refractivity (Wildman–Crippen MR) is 53.8 cm³/mol. The SMILES string of the molecule is CCO[P+](O)(OC)C(=O)CCS(=O)(=O)O. The van der Waals surface area contributed by atoms with Crippen LogP contribution in [0.2, 0.25) is 0 Å². The van der Waals surface area contributed by atoms with E-state index < -0.39 is 35.8 Å². The highest BCUT2D eigenvalue weighted by atomic mass is 32.2. The van der Waals surface area contributed by atoms with Crippen LogP contribution in [0.3, 0.4) is 0 Å². The van der Waals surface area contributed by atoms with E-state index in [2.05, 4.69) is 4.52 Å². The van der Waals surface area contributed by atoms with Gasteiger partial charge in [0.2, 0.25) is 0 Å². The van der Waals surface area contributed by atoms with Gasteiger partial charge in [0.25, 0.3) is 10.1 Å². The number of hydrogen-bond acceptors (Lipinski definition) is 6. The average Bonchev–Trinajstić information content (AvgIpc) is 2.13. The highest BCUT2D eigenvalue weighted by Crippen LogP contribution is 2.57. The lowest BCUT2D eigenvalue weighted by atomic mass is 10.5. The lowest BCUT2D eigenvalue weighted by molar-refractivity contribution is -0.114. The molecule has 0 spiro atoms. The Bertz CT molecular complexity index is 313. The van der Waals surface area contributed by atoms with Gasteiger partial charge in [-0.25, -0.2) is 4.79 Å². The van der Waals surface area contributed by atoms with E-state index in [-0.39, 0.29) is 6.61 Å². The molecule has 1 atom stereocenters. The second kappa shape index (κ2) is 5.83. The Hall–Kier alpha value is -0.110. The molecule has 0 saturated heterocycles. The van der Waals surface area contributed by atoms with Crippen LogP contribution >= 0.6 is 7.94 Å². The zero-order chi connectivity index (χ0) is 12.1. The summed E-state index contributed by atoms with van der Waals surface area (Å²) in [4.78, 5) is 20.8. The van der Waals surface area contributed by atoms with Crippen molar-refractivity contribution in [1.29, 1.82) is 0 Å². The molecule has 15 heavy (non-hydrogen) atoms. The summed E-state index contributed by atoms with van der Waals surface area (Å²) in [6, 6.07) is 0. The van der Waals surface area contributed by atoms with Crippen LogP contribution in [0.5, 0.6) is 0 Å². The van der Waals surface area contributed by atoms with Gasteiger partial charge in [-0.2, -0.15) is 22.4 Å². The molecule has 0 fully saturated rings. The molecule has 0 aliphatic carbocycles. The molecule has 0 amide bonds. The van der Waals surface area contributed by atoms with Gasteiger partial charge < -0.3 is 0 Å². The first-order valence-electron chi connectivity index (χ1n) is 4.06. The molecule has 0 radical (unpaired) electrons. The zero-order valence-electron chi connectivity index (χ0n) is 8.41. The molecule has 0 rings (SSSR count). The average molecular weight is 261 g/mol. The van der Waals surface area contributed by atoms with Gasteiger partial charge in [0.15, 0.2) is 0 Å². The van der Waals surface area contributed by atoms with Crippen LogP contribution in [0.15, 0.2) is 0 Å². The third-order valence-electron chi connectivity index (χ3n) is 1.44. The summed E-state index contributed by atoms with van der Waals surface area (Å²) in [6.45, 7) is 1.62. The highest BCUT2D eigenvalue weighted by molar-refractivity contribution is 7.86. The number of carbonyl (C=O) groups is 1. The largest absolute Gasteiger partial charge is 0.483 e. The van der Waals surface area contributed by atoms with Crippen LogP contribution in [0, 0.1) is 0 Å². The summed E-state index contributed by atoms with van der Waals surface area (Å²) >= 11 is 0. The predicted octanol–water partition coefficient (Wildman–Crippen LogP) is 0.229. The topological polar surface area (TPSA) is 110 Å². The van der Waals surface area contributed by atoms with Crippen molar-refractivity contribution in [3.63, 3.8) is 0 Å². The maximum absolute atomic E-state index is 11.3. The first kappa shape index (κ1) is 14.9. The van der Waals surface area contributed by atoms with Gasteiger partial charge in [-0.05, 0) is 6.92 Å². The zero-order valence-corrected chi connectivity index (χ0v) is 10.1. The van der Waals surface area contributed by atoms with Crippen molar-refractivity contribution < 1.29 is 31.7 Å².